The van der Waals surface area contributed by atoms with Crippen LogP contribution in [-0.2, 0) is 6.54 Å². The van der Waals surface area contributed by atoms with E-state index in [-0.39, 0.29) is 0 Å². The summed E-state index contributed by atoms with van der Waals surface area (Å²) >= 11 is 0. The minimum absolute atomic E-state index is 0.575. The van der Waals surface area contributed by atoms with Gasteiger partial charge < -0.3 is 10.1 Å². The first-order valence-electron chi connectivity index (χ1n) is 7.25. The van der Waals surface area contributed by atoms with E-state index < -0.39 is 0 Å². The first kappa shape index (κ1) is 13.7. The lowest BCUT2D eigenvalue weighted by Gasteiger charge is -2.10. The SMILES string of the molecule is Cc1ccc(Oc2ccc(CNC3CC3)cc2C#N)cc1. The van der Waals surface area contributed by atoms with Crippen LogP contribution in [0.4, 0.5) is 0 Å². The molecule has 0 aliphatic heterocycles. The van der Waals surface area contributed by atoms with Crippen LogP contribution in [0, 0.1) is 18.3 Å². The lowest BCUT2D eigenvalue weighted by molar-refractivity contribution is 0.480. The van der Waals surface area contributed by atoms with E-state index in [1.165, 1.54) is 18.4 Å². The highest BCUT2D eigenvalue weighted by Crippen LogP contribution is 2.26. The van der Waals surface area contributed by atoms with Crippen molar-refractivity contribution in [3.05, 3.63) is 59.2 Å². The number of nitriles is 1. The molecular formula is C18H18N2O. The predicted molar refractivity (Wildman–Crippen MR) is 82.3 cm³/mol. The van der Waals surface area contributed by atoms with Crippen LogP contribution in [0.5, 0.6) is 11.5 Å². The van der Waals surface area contributed by atoms with Crippen molar-refractivity contribution in [1.82, 2.24) is 5.32 Å². The van der Waals surface area contributed by atoms with Gasteiger partial charge in [0.2, 0.25) is 0 Å². The lowest BCUT2D eigenvalue weighted by atomic mass is 10.1. The van der Waals surface area contributed by atoms with Crippen molar-refractivity contribution in [3.63, 3.8) is 0 Å². The zero-order chi connectivity index (χ0) is 14.7. The van der Waals surface area contributed by atoms with Gasteiger partial charge in [-0.25, -0.2) is 0 Å². The molecule has 0 spiro atoms. The molecule has 1 saturated carbocycles. The number of hydrogen-bond acceptors (Lipinski definition) is 3. The molecule has 0 radical (unpaired) electrons. The van der Waals surface area contributed by atoms with Crippen molar-refractivity contribution in [2.45, 2.75) is 32.4 Å². The highest BCUT2D eigenvalue weighted by molar-refractivity contribution is 5.47. The average molecular weight is 278 g/mol. The van der Waals surface area contributed by atoms with Crippen molar-refractivity contribution in [3.8, 4) is 17.6 Å². The van der Waals surface area contributed by atoms with Gasteiger partial charge in [-0.3, -0.25) is 0 Å². The van der Waals surface area contributed by atoms with Gasteiger partial charge in [0.1, 0.15) is 17.6 Å². The maximum Gasteiger partial charge on any atom is 0.145 e. The summed E-state index contributed by atoms with van der Waals surface area (Å²) in [6, 6.07) is 16.5. The molecule has 1 N–H and O–H groups in total. The second kappa shape index (κ2) is 5.99. The van der Waals surface area contributed by atoms with Gasteiger partial charge in [-0.15, -0.1) is 0 Å². The summed E-state index contributed by atoms with van der Waals surface area (Å²) < 4.78 is 5.81. The summed E-state index contributed by atoms with van der Waals surface area (Å²) in [5.74, 6) is 1.36. The summed E-state index contributed by atoms with van der Waals surface area (Å²) in [7, 11) is 0. The standard InChI is InChI=1S/C18H18N2O/c1-13-2-7-17(8-3-13)21-18-9-4-14(10-15(18)11-19)12-20-16-5-6-16/h2-4,7-10,16,20H,5-6,12H2,1H3. The molecule has 0 atom stereocenters. The molecule has 0 amide bonds. The van der Waals surface area contributed by atoms with E-state index in [2.05, 4.69) is 11.4 Å². The largest absolute Gasteiger partial charge is 0.456 e. The van der Waals surface area contributed by atoms with E-state index in [0.717, 1.165) is 17.9 Å². The van der Waals surface area contributed by atoms with E-state index >= 15 is 0 Å². The maximum absolute atomic E-state index is 9.30. The summed E-state index contributed by atoms with van der Waals surface area (Å²) in [5, 5.41) is 12.8. The molecule has 1 aliphatic rings. The van der Waals surface area contributed by atoms with Gasteiger partial charge in [-0.2, -0.15) is 5.26 Å². The van der Waals surface area contributed by atoms with Gasteiger partial charge in [0.05, 0.1) is 5.56 Å². The molecule has 3 heteroatoms. The van der Waals surface area contributed by atoms with Crippen LogP contribution in [-0.4, -0.2) is 6.04 Å². The minimum Gasteiger partial charge on any atom is -0.456 e. The molecule has 0 heterocycles. The summed E-state index contributed by atoms with van der Waals surface area (Å²) in [6.45, 7) is 2.84. The average Bonchev–Trinajstić information content (AvgIpc) is 3.33. The molecule has 0 bridgehead atoms. The van der Waals surface area contributed by atoms with Gasteiger partial charge in [-0.05, 0) is 49.6 Å². The van der Waals surface area contributed by atoms with E-state index in [9.17, 15) is 5.26 Å². The van der Waals surface area contributed by atoms with Gasteiger partial charge in [0, 0.05) is 12.6 Å². The minimum atomic E-state index is 0.575. The van der Waals surface area contributed by atoms with Gasteiger partial charge in [0.25, 0.3) is 0 Å². The number of nitrogens with one attached hydrogen (secondary N) is 1. The Morgan fingerprint density at radius 1 is 1.19 bits per heavy atom. The summed E-state index contributed by atoms with van der Waals surface area (Å²) in [5.41, 5.74) is 2.88. The Hall–Kier alpha value is -2.31. The van der Waals surface area contributed by atoms with E-state index in [1.54, 1.807) is 0 Å². The molecule has 2 aromatic rings. The zero-order valence-electron chi connectivity index (χ0n) is 12.1. The van der Waals surface area contributed by atoms with Crippen LogP contribution in [0.2, 0.25) is 0 Å². The highest BCUT2D eigenvalue weighted by atomic mass is 16.5. The number of rotatable bonds is 5. The summed E-state index contributed by atoms with van der Waals surface area (Å²) in [6.07, 6.45) is 2.53. The molecular weight excluding hydrogens is 260 g/mol. The number of benzene rings is 2. The van der Waals surface area contributed by atoms with E-state index in [0.29, 0.717) is 17.4 Å². The first-order valence-corrected chi connectivity index (χ1v) is 7.25. The number of nitrogens with zero attached hydrogens (tertiary/aromatic N) is 1. The van der Waals surface area contributed by atoms with Crippen molar-refractivity contribution in [2.75, 3.05) is 0 Å². The Bertz CT molecular complexity index is 667. The van der Waals surface area contributed by atoms with Crippen LogP contribution in [0.3, 0.4) is 0 Å². The third-order valence-corrected chi connectivity index (χ3v) is 3.59. The van der Waals surface area contributed by atoms with Crippen LogP contribution in [0.25, 0.3) is 0 Å². The number of hydrogen-bond donors (Lipinski definition) is 1. The quantitative estimate of drug-likeness (QED) is 0.901. The van der Waals surface area contributed by atoms with Gasteiger partial charge >= 0.3 is 0 Å². The van der Waals surface area contributed by atoms with Crippen molar-refractivity contribution < 1.29 is 4.74 Å². The second-order valence-electron chi connectivity index (χ2n) is 5.51. The molecule has 1 aliphatic carbocycles. The lowest BCUT2D eigenvalue weighted by Crippen LogP contribution is -2.15. The Morgan fingerprint density at radius 3 is 2.62 bits per heavy atom. The fraction of sp³-hybridized carbons (Fsp3) is 0.278. The van der Waals surface area contributed by atoms with Crippen LogP contribution < -0.4 is 10.1 Å². The Labute approximate surface area is 125 Å². The van der Waals surface area contributed by atoms with E-state index in [4.69, 9.17) is 4.74 Å². The molecule has 0 saturated heterocycles. The third-order valence-electron chi connectivity index (χ3n) is 3.59. The molecule has 2 aromatic carbocycles. The Kier molecular flexibility index (Phi) is 3.89. The van der Waals surface area contributed by atoms with E-state index in [1.807, 2.05) is 49.4 Å². The number of aryl methyl sites for hydroxylation is 1. The van der Waals surface area contributed by atoms with Crippen molar-refractivity contribution in [1.29, 1.82) is 5.26 Å². The molecule has 3 rings (SSSR count). The number of ether oxygens (including phenoxy) is 1. The fourth-order valence-electron chi connectivity index (χ4n) is 2.15. The molecule has 0 aromatic heterocycles. The zero-order valence-corrected chi connectivity index (χ0v) is 12.1. The van der Waals surface area contributed by atoms with Crippen LogP contribution in [0.15, 0.2) is 42.5 Å². The molecule has 0 unspecified atom stereocenters. The topological polar surface area (TPSA) is 45.0 Å². The maximum atomic E-state index is 9.30. The first-order chi connectivity index (χ1) is 10.2. The summed E-state index contributed by atoms with van der Waals surface area (Å²) in [4.78, 5) is 0. The van der Waals surface area contributed by atoms with Crippen molar-refractivity contribution >= 4 is 0 Å². The normalized spacial score (nSPS) is 13.7. The second-order valence-corrected chi connectivity index (χ2v) is 5.51. The molecule has 106 valence electrons. The molecule has 1 fully saturated rings. The third kappa shape index (κ3) is 3.62. The van der Waals surface area contributed by atoms with Crippen molar-refractivity contribution in [2.24, 2.45) is 0 Å². The fourth-order valence-corrected chi connectivity index (χ4v) is 2.15. The van der Waals surface area contributed by atoms with Crippen LogP contribution >= 0.6 is 0 Å². The molecule has 3 nitrogen and oxygen atoms in total. The smallest absolute Gasteiger partial charge is 0.145 e. The molecule has 21 heavy (non-hydrogen) atoms. The monoisotopic (exact) mass is 278 g/mol. The highest BCUT2D eigenvalue weighted by Gasteiger charge is 2.20. The predicted octanol–water partition coefficient (Wildman–Crippen LogP) is 3.91. The van der Waals surface area contributed by atoms with Crippen LogP contribution in [0.1, 0.15) is 29.5 Å². The Balaban J connectivity index is 1.74. The Morgan fingerprint density at radius 2 is 1.95 bits per heavy atom. The van der Waals surface area contributed by atoms with Gasteiger partial charge in [0.15, 0.2) is 0 Å². The van der Waals surface area contributed by atoms with Gasteiger partial charge in [-0.1, -0.05) is 23.8 Å².